The molecule has 16 aromatic rings. The maximum atomic E-state index is 9.91. The van der Waals surface area contributed by atoms with Crippen LogP contribution in [0.1, 0.15) is 22.1 Å². The molecular formula is C90H67BN4O2S6. The third kappa shape index (κ3) is 14.4. The normalized spacial score (nSPS) is 13.2. The number of para-hydroxylation sites is 8. The Morgan fingerprint density at radius 2 is 0.515 bits per heavy atom. The van der Waals surface area contributed by atoms with Crippen LogP contribution in [0.25, 0.3) is 61.3 Å². The van der Waals surface area contributed by atoms with Gasteiger partial charge in [-0.25, -0.2) is 0 Å². The van der Waals surface area contributed by atoms with Gasteiger partial charge in [0.05, 0.1) is 0 Å². The molecule has 0 spiro atoms. The van der Waals surface area contributed by atoms with Gasteiger partial charge < -0.3 is 29.6 Å². The van der Waals surface area contributed by atoms with Gasteiger partial charge in [-0.1, -0.05) is 152 Å². The predicted octanol–water partition coefficient (Wildman–Crippen LogP) is 26.3. The van der Waals surface area contributed by atoms with E-state index in [0.29, 0.717) is 15.3 Å². The number of nitrogens with zero attached hydrogens (tertiary/aromatic N) is 4. The van der Waals surface area contributed by atoms with Crippen molar-refractivity contribution in [2.75, 3.05) is 19.6 Å². The van der Waals surface area contributed by atoms with Crippen molar-refractivity contribution in [3.05, 3.63) is 368 Å². The van der Waals surface area contributed by atoms with Gasteiger partial charge in [-0.05, 0) is 247 Å². The molecule has 0 amide bonds. The summed E-state index contributed by atoms with van der Waals surface area (Å²) in [5, 5.41) is 20.6. The van der Waals surface area contributed by atoms with Crippen LogP contribution in [0.4, 0.5) is 68.2 Å². The van der Waals surface area contributed by atoms with Crippen LogP contribution in [0.15, 0.2) is 358 Å². The second kappa shape index (κ2) is 29.8. The molecule has 6 heterocycles. The van der Waals surface area contributed by atoms with Crippen molar-refractivity contribution in [2.45, 2.75) is 23.3 Å². The number of thiophene rings is 5. The van der Waals surface area contributed by atoms with E-state index >= 15 is 0 Å². The lowest BCUT2D eigenvalue weighted by Gasteiger charge is -2.30. The molecule has 1 saturated heterocycles. The van der Waals surface area contributed by atoms with Crippen LogP contribution in [0.3, 0.4) is 0 Å². The summed E-state index contributed by atoms with van der Waals surface area (Å²) in [6.45, 7) is 0. The number of thioether (sulfide) groups is 1. The topological polar surface area (TPSA) is 53.4 Å². The van der Waals surface area contributed by atoms with Gasteiger partial charge in [0.1, 0.15) is 0 Å². The summed E-state index contributed by atoms with van der Waals surface area (Å²) in [6, 6.07) is 129. The molecule has 17 rings (SSSR count). The van der Waals surface area contributed by atoms with Crippen LogP contribution in [0.2, 0.25) is 0 Å². The predicted molar refractivity (Wildman–Crippen MR) is 446 cm³/mol. The first-order valence-corrected chi connectivity index (χ1v) is 39.4. The smallest absolute Gasteiger partial charge is 0.423 e. The molecular weight excluding hydrogens is 1370 g/mol. The van der Waals surface area contributed by atoms with Crippen molar-refractivity contribution in [3.8, 4) is 61.3 Å². The number of aryl methyl sites for hydroxylation is 1. The highest BCUT2D eigenvalue weighted by atomic mass is 32.2. The summed E-state index contributed by atoms with van der Waals surface area (Å²) in [6.07, 6.45) is 1.91. The first-order chi connectivity index (χ1) is 50.8. The third-order valence-corrected chi connectivity index (χ3v) is 26.0. The fraction of sp³-hybridized carbons (Fsp3) is 0.0444. The molecule has 2 unspecified atom stereocenters. The van der Waals surface area contributed by atoms with Gasteiger partial charge in [0.2, 0.25) is 0 Å². The van der Waals surface area contributed by atoms with Crippen LogP contribution >= 0.6 is 68.4 Å². The molecule has 1 aliphatic heterocycles. The van der Waals surface area contributed by atoms with Gasteiger partial charge in [0.25, 0.3) is 0 Å². The second-order valence-corrected chi connectivity index (χ2v) is 32.2. The molecule has 1 fully saturated rings. The molecule has 2 N–H and O–H groups in total. The SMILES string of the molecule is OB(O)c1ccc(CCC2SC2c2cc(-c3ccc(-c4ccc(-c5cc(N(c6ccccc6)c6ccccc6)cc(N(c6ccccc6)c6ccccc6)c5)s4)s3)cc(-c3ccc(-c4ccc(-c5cc(N(c6ccccc6)c6ccccc6)cc(N(c6ccccc6)c6ccccc6)c5)s4)s3)c2)s1. The number of hydrogen-bond donors (Lipinski definition) is 2. The maximum Gasteiger partial charge on any atom is 0.499 e. The van der Waals surface area contributed by atoms with Gasteiger partial charge in [0, 0.05) is 127 Å². The average Bonchev–Trinajstić information content (AvgIpc) is 1.74. The van der Waals surface area contributed by atoms with Gasteiger partial charge in [-0.3, -0.25) is 0 Å². The lowest BCUT2D eigenvalue weighted by Crippen LogP contribution is -2.26. The molecule has 11 aromatic carbocycles. The molecule has 0 bridgehead atoms. The Morgan fingerprint density at radius 1 is 0.252 bits per heavy atom. The van der Waals surface area contributed by atoms with E-state index in [-0.39, 0.29) is 0 Å². The zero-order valence-electron chi connectivity index (χ0n) is 55.8. The van der Waals surface area contributed by atoms with E-state index in [1.54, 1.807) is 0 Å². The molecule has 6 nitrogen and oxygen atoms in total. The van der Waals surface area contributed by atoms with Gasteiger partial charge in [-0.15, -0.1) is 68.4 Å². The zero-order chi connectivity index (χ0) is 69.0. The van der Waals surface area contributed by atoms with Gasteiger partial charge in [0.15, 0.2) is 0 Å². The molecule has 5 aromatic heterocycles. The molecule has 2 atom stereocenters. The van der Waals surface area contributed by atoms with Gasteiger partial charge >= 0.3 is 7.12 Å². The lowest BCUT2D eigenvalue weighted by molar-refractivity contribution is 0.427. The fourth-order valence-corrected chi connectivity index (χ4v) is 19.8. The molecule has 0 aliphatic carbocycles. The molecule has 0 radical (unpaired) electrons. The van der Waals surface area contributed by atoms with Crippen molar-refractivity contribution in [1.82, 2.24) is 0 Å². The Morgan fingerprint density at radius 3 is 0.777 bits per heavy atom. The highest BCUT2D eigenvalue weighted by Gasteiger charge is 2.40. The molecule has 0 saturated carbocycles. The van der Waals surface area contributed by atoms with E-state index < -0.39 is 7.12 Å². The van der Waals surface area contributed by atoms with Crippen molar-refractivity contribution in [3.63, 3.8) is 0 Å². The Kier molecular flexibility index (Phi) is 19.0. The first-order valence-electron chi connectivity index (χ1n) is 34.4. The number of benzene rings is 11. The minimum Gasteiger partial charge on any atom is -0.423 e. The van der Waals surface area contributed by atoms with E-state index in [9.17, 15) is 10.0 Å². The summed E-state index contributed by atoms with van der Waals surface area (Å²) < 4.78 is 0.591. The van der Waals surface area contributed by atoms with Crippen molar-refractivity contribution in [1.29, 1.82) is 0 Å². The standard InChI is InChI=1S/C90H67BN4O2S6/c96-91(97)89-52-42-79(98-89)41-43-88-90(103-88)66-54-62(80-44-48-84(99-80)86-50-46-82(101-86)64-56-75(92(67-25-9-1-10-26-67)68-27-11-2-12-28-68)60-76(57-64)93(69-29-13-3-14-30-69)70-31-15-4-16-32-70)53-63(55-66)81-45-49-85(100-81)87-51-47-83(102-87)65-58-77(94(71-33-17-5-18-34-71)72-35-19-6-20-36-72)61-78(59-65)95(73-37-21-7-22-38-73)74-39-23-8-24-40-74/h1-40,42,44-61,88,90,96-97H,41,43H2. The highest BCUT2D eigenvalue weighted by molar-refractivity contribution is 8.07. The fourth-order valence-electron chi connectivity index (χ4n) is 13.6. The molecule has 1 aliphatic rings. The van der Waals surface area contributed by atoms with Gasteiger partial charge in [-0.2, -0.15) is 0 Å². The Bertz CT molecular complexity index is 4850. The average molecular weight is 1440 g/mol. The summed E-state index contributed by atoms with van der Waals surface area (Å²) in [7, 11) is -1.44. The monoisotopic (exact) mass is 1440 g/mol. The molecule has 13 heteroatoms. The van der Waals surface area contributed by atoms with E-state index in [1.165, 1.54) is 71.9 Å². The van der Waals surface area contributed by atoms with E-state index in [2.05, 4.69) is 365 Å². The van der Waals surface area contributed by atoms with Crippen molar-refractivity contribution < 1.29 is 10.0 Å². The molecule has 498 valence electrons. The summed E-state index contributed by atoms with van der Waals surface area (Å²) in [4.78, 5) is 20.4. The Labute approximate surface area is 626 Å². The quantitative estimate of drug-likeness (QED) is 0.0489. The lowest BCUT2D eigenvalue weighted by atomic mass is 9.90. The summed E-state index contributed by atoms with van der Waals surface area (Å²) in [5.74, 6) is 0. The van der Waals surface area contributed by atoms with Crippen LogP contribution in [-0.2, 0) is 6.42 Å². The van der Waals surface area contributed by atoms with Crippen molar-refractivity contribution in [2.24, 2.45) is 0 Å². The number of hydrogen-bond acceptors (Lipinski definition) is 12. The Hall–Kier alpha value is -10.5. The van der Waals surface area contributed by atoms with Crippen LogP contribution in [0, 0.1) is 0 Å². The minimum atomic E-state index is -1.44. The van der Waals surface area contributed by atoms with E-state index in [1.807, 2.05) is 69.2 Å². The number of rotatable bonds is 23. The first kappa shape index (κ1) is 65.7. The van der Waals surface area contributed by atoms with Crippen LogP contribution in [-0.4, -0.2) is 22.4 Å². The molecule has 103 heavy (non-hydrogen) atoms. The number of anilines is 12. The zero-order valence-corrected chi connectivity index (χ0v) is 60.7. The summed E-state index contributed by atoms with van der Waals surface area (Å²) >= 11 is 10.9. The largest absolute Gasteiger partial charge is 0.499 e. The Balaban J connectivity index is 0.722. The second-order valence-electron chi connectivity index (χ2n) is 25.3. The van der Waals surface area contributed by atoms with Crippen LogP contribution in [0.5, 0.6) is 0 Å². The third-order valence-electron chi connectivity index (χ3n) is 18.5. The van der Waals surface area contributed by atoms with Crippen LogP contribution < -0.4 is 24.4 Å². The highest BCUT2D eigenvalue weighted by Crippen LogP contribution is 2.59. The maximum absolute atomic E-state index is 9.91. The van der Waals surface area contributed by atoms with E-state index in [0.717, 1.165) is 92.2 Å². The van der Waals surface area contributed by atoms with E-state index in [4.69, 9.17) is 0 Å². The minimum absolute atomic E-state index is 0.347. The van der Waals surface area contributed by atoms with Crippen molar-refractivity contribution >= 4 is 149 Å². The summed E-state index contributed by atoms with van der Waals surface area (Å²) in [5.41, 5.74) is 18.9.